The normalized spacial score (nSPS) is 24.1. The number of carbonyl (C=O) groups is 2. The average Bonchev–Trinajstić information content (AvgIpc) is 2.37. The second-order valence-corrected chi connectivity index (χ2v) is 4.57. The number of hydrogen-bond acceptors (Lipinski definition) is 3. The van der Waals surface area contributed by atoms with Crippen LogP contribution >= 0.6 is 0 Å². The highest BCUT2D eigenvalue weighted by Gasteiger charge is 2.36. The van der Waals surface area contributed by atoms with Gasteiger partial charge in [-0.1, -0.05) is 19.1 Å². The lowest BCUT2D eigenvalue weighted by Gasteiger charge is -2.34. The predicted molar refractivity (Wildman–Crippen MR) is 69.0 cm³/mol. The zero-order chi connectivity index (χ0) is 13.3. The Morgan fingerprint density at radius 2 is 1.83 bits per heavy atom. The second kappa shape index (κ2) is 4.78. The second-order valence-electron chi connectivity index (χ2n) is 4.57. The fraction of sp³-hybridized carbons (Fsp3) is 0.385. The topological polar surface area (TPSA) is 75.4 Å². The summed E-state index contributed by atoms with van der Waals surface area (Å²) in [5.74, 6) is -0.399. The van der Waals surface area contributed by atoms with Gasteiger partial charge >= 0.3 is 6.03 Å². The maximum Gasteiger partial charge on any atom is 0.328 e. The van der Waals surface area contributed by atoms with Gasteiger partial charge in [-0.15, -0.1) is 0 Å². The van der Waals surface area contributed by atoms with Crippen LogP contribution in [0.15, 0.2) is 24.3 Å². The van der Waals surface area contributed by atoms with Gasteiger partial charge in [-0.05, 0) is 24.6 Å². The first-order valence-electron chi connectivity index (χ1n) is 5.98. The molecule has 2 unspecified atom stereocenters. The highest BCUT2D eigenvalue weighted by atomic mass is 16.2. The number of nitrogens with one attached hydrogen (secondary N) is 1. The first-order chi connectivity index (χ1) is 8.54. The Hall–Kier alpha value is -1.88. The van der Waals surface area contributed by atoms with E-state index in [4.69, 9.17) is 5.73 Å². The summed E-state index contributed by atoms with van der Waals surface area (Å²) >= 11 is 0. The molecule has 5 heteroatoms. The van der Waals surface area contributed by atoms with Gasteiger partial charge in [-0.25, -0.2) is 9.69 Å². The third kappa shape index (κ3) is 2.09. The molecule has 2 rings (SSSR count). The van der Waals surface area contributed by atoms with Crippen LogP contribution in [0.2, 0.25) is 0 Å². The van der Waals surface area contributed by atoms with Gasteiger partial charge in [0.15, 0.2) is 0 Å². The van der Waals surface area contributed by atoms with Gasteiger partial charge in [0, 0.05) is 12.6 Å². The number of amides is 3. The molecule has 0 saturated carbocycles. The van der Waals surface area contributed by atoms with Crippen LogP contribution in [0, 0.1) is 5.92 Å². The minimum Gasteiger partial charge on any atom is -0.334 e. The van der Waals surface area contributed by atoms with Crippen LogP contribution in [-0.4, -0.2) is 18.0 Å². The minimum atomic E-state index is -0.369. The van der Waals surface area contributed by atoms with E-state index in [9.17, 15) is 9.59 Å². The van der Waals surface area contributed by atoms with Crippen LogP contribution in [0.3, 0.4) is 0 Å². The van der Waals surface area contributed by atoms with Gasteiger partial charge in [0.2, 0.25) is 5.91 Å². The molecule has 0 radical (unpaired) electrons. The quantitative estimate of drug-likeness (QED) is 0.825. The molecule has 18 heavy (non-hydrogen) atoms. The molecule has 1 aliphatic heterocycles. The van der Waals surface area contributed by atoms with Crippen LogP contribution in [0.4, 0.5) is 10.5 Å². The Balaban J connectivity index is 2.30. The number of carbonyl (C=O) groups excluding carboxylic acids is 2. The van der Waals surface area contributed by atoms with Gasteiger partial charge in [0.1, 0.15) is 0 Å². The molecule has 0 aliphatic carbocycles. The molecule has 1 fully saturated rings. The lowest BCUT2D eigenvalue weighted by molar-refractivity contribution is -0.122. The minimum absolute atomic E-state index is 0.135. The maximum absolute atomic E-state index is 12.1. The molecule has 1 aliphatic rings. The van der Waals surface area contributed by atoms with Gasteiger partial charge in [-0.3, -0.25) is 4.79 Å². The Labute approximate surface area is 106 Å². The fourth-order valence-electron chi connectivity index (χ4n) is 1.93. The summed E-state index contributed by atoms with van der Waals surface area (Å²) in [5, 5.41) is 2.78. The van der Waals surface area contributed by atoms with E-state index >= 15 is 0 Å². The zero-order valence-electron chi connectivity index (χ0n) is 10.5. The fourth-order valence-corrected chi connectivity index (χ4v) is 1.93. The molecule has 0 spiro atoms. The van der Waals surface area contributed by atoms with E-state index in [2.05, 4.69) is 5.32 Å². The van der Waals surface area contributed by atoms with Crippen molar-refractivity contribution in [1.29, 1.82) is 0 Å². The summed E-state index contributed by atoms with van der Waals surface area (Å²) in [6.07, 6.45) is 0. The van der Waals surface area contributed by atoms with Crippen molar-refractivity contribution in [2.45, 2.75) is 26.4 Å². The van der Waals surface area contributed by atoms with Crippen molar-refractivity contribution in [3.63, 3.8) is 0 Å². The first kappa shape index (κ1) is 12.6. The lowest BCUT2D eigenvalue weighted by Crippen LogP contribution is -2.58. The molecule has 1 saturated heterocycles. The summed E-state index contributed by atoms with van der Waals surface area (Å²) in [5.41, 5.74) is 7.05. The molecular weight excluding hydrogens is 230 g/mol. The SMILES string of the molecule is CC1NC(=O)N(c2ccc(CN)cc2)C(=O)C1C. The van der Waals surface area contributed by atoms with Crippen molar-refractivity contribution in [2.24, 2.45) is 11.7 Å². The van der Waals surface area contributed by atoms with Crippen LogP contribution in [0.5, 0.6) is 0 Å². The van der Waals surface area contributed by atoms with E-state index < -0.39 is 0 Å². The Morgan fingerprint density at radius 1 is 1.22 bits per heavy atom. The molecule has 1 aromatic carbocycles. The monoisotopic (exact) mass is 247 g/mol. The molecule has 0 bridgehead atoms. The van der Waals surface area contributed by atoms with Crippen molar-refractivity contribution < 1.29 is 9.59 Å². The molecule has 96 valence electrons. The number of nitrogens with zero attached hydrogens (tertiary/aromatic N) is 1. The summed E-state index contributed by atoms with van der Waals surface area (Å²) in [6.45, 7) is 4.08. The van der Waals surface area contributed by atoms with E-state index in [0.29, 0.717) is 12.2 Å². The average molecular weight is 247 g/mol. The van der Waals surface area contributed by atoms with E-state index in [1.807, 2.05) is 26.0 Å². The number of imide groups is 1. The summed E-state index contributed by atoms with van der Waals surface area (Å²) in [7, 11) is 0. The van der Waals surface area contributed by atoms with Crippen LogP contribution in [-0.2, 0) is 11.3 Å². The Morgan fingerprint density at radius 3 is 2.39 bits per heavy atom. The van der Waals surface area contributed by atoms with Gasteiger partial charge in [0.05, 0.1) is 11.6 Å². The molecule has 3 amide bonds. The zero-order valence-corrected chi connectivity index (χ0v) is 10.5. The molecular formula is C13H17N3O2. The lowest BCUT2D eigenvalue weighted by atomic mass is 9.99. The number of urea groups is 1. The van der Waals surface area contributed by atoms with Crippen molar-refractivity contribution >= 4 is 17.6 Å². The standard InChI is InChI=1S/C13H17N3O2/c1-8-9(2)15-13(18)16(12(8)17)11-5-3-10(7-14)4-6-11/h3-6,8-9H,7,14H2,1-2H3,(H,15,18). The predicted octanol–water partition coefficient (Wildman–Crippen LogP) is 1.23. The molecule has 1 heterocycles. The first-order valence-corrected chi connectivity index (χ1v) is 5.98. The van der Waals surface area contributed by atoms with E-state index in [0.717, 1.165) is 5.56 Å². The van der Waals surface area contributed by atoms with Crippen molar-refractivity contribution in [2.75, 3.05) is 4.90 Å². The van der Waals surface area contributed by atoms with Gasteiger partial charge in [-0.2, -0.15) is 0 Å². The highest BCUT2D eigenvalue weighted by Crippen LogP contribution is 2.22. The smallest absolute Gasteiger partial charge is 0.328 e. The molecule has 1 aromatic rings. The maximum atomic E-state index is 12.1. The van der Waals surface area contributed by atoms with Gasteiger partial charge < -0.3 is 11.1 Å². The van der Waals surface area contributed by atoms with E-state index in [1.54, 1.807) is 12.1 Å². The molecule has 2 atom stereocenters. The van der Waals surface area contributed by atoms with E-state index in [1.165, 1.54) is 4.90 Å². The van der Waals surface area contributed by atoms with Gasteiger partial charge in [0.25, 0.3) is 0 Å². The highest BCUT2D eigenvalue weighted by molar-refractivity contribution is 6.16. The Kier molecular flexibility index (Phi) is 3.34. The summed E-state index contributed by atoms with van der Waals surface area (Å²) in [6, 6.07) is 6.61. The number of hydrogen-bond donors (Lipinski definition) is 2. The number of rotatable bonds is 2. The number of benzene rings is 1. The number of nitrogens with two attached hydrogens (primary N) is 1. The number of anilines is 1. The summed E-state index contributed by atoms with van der Waals surface area (Å²) < 4.78 is 0. The third-order valence-electron chi connectivity index (χ3n) is 3.34. The third-order valence-corrected chi connectivity index (χ3v) is 3.34. The van der Waals surface area contributed by atoms with Crippen LogP contribution in [0.1, 0.15) is 19.4 Å². The van der Waals surface area contributed by atoms with Crippen molar-refractivity contribution in [1.82, 2.24) is 5.32 Å². The molecule has 3 N–H and O–H groups in total. The summed E-state index contributed by atoms with van der Waals surface area (Å²) in [4.78, 5) is 25.2. The molecule has 5 nitrogen and oxygen atoms in total. The largest absolute Gasteiger partial charge is 0.334 e. The van der Waals surface area contributed by atoms with Crippen LogP contribution in [0.25, 0.3) is 0 Å². The van der Waals surface area contributed by atoms with E-state index in [-0.39, 0.29) is 23.9 Å². The van der Waals surface area contributed by atoms with Crippen LogP contribution < -0.4 is 16.0 Å². The Bertz CT molecular complexity index is 470. The molecule has 0 aromatic heterocycles. The van der Waals surface area contributed by atoms with Crippen molar-refractivity contribution in [3.8, 4) is 0 Å². The van der Waals surface area contributed by atoms with Crippen molar-refractivity contribution in [3.05, 3.63) is 29.8 Å².